The summed E-state index contributed by atoms with van der Waals surface area (Å²) in [5, 5.41) is 7.72. The van der Waals surface area contributed by atoms with Crippen molar-refractivity contribution in [2.75, 3.05) is 11.1 Å². The van der Waals surface area contributed by atoms with Gasteiger partial charge in [-0.25, -0.2) is 9.07 Å². The lowest BCUT2D eigenvalue weighted by Gasteiger charge is -2.31. The van der Waals surface area contributed by atoms with Crippen LogP contribution < -0.4 is 11.1 Å². The molecule has 6 heteroatoms. The SMILES string of the molecule is CCc1ccc([C@@H]2C[C@H](c3ccc(F)cc3)Nc3nc(N)nn32)cc1. The summed E-state index contributed by atoms with van der Waals surface area (Å²) >= 11 is 0. The highest BCUT2D eigenvalue weighted by atomic mass is 19.1. The van der Waals surface area contributed by atoms with Crippen molar-refractivity contribution in [3.05, 3.63) is 71.0 Å². The van der Waals surface area contributed by atoms with Gasteiger partial charge in [-0.15, -0.1) is 5.10 Å². The molecule has 1 aliphatic rings. The monoisotopic (exact) mass is 337 g/mol. The van der Waals surface area contributed by atoms with Crippen LogP contribution in [0.5, 0.6) is 0 Å². The largest absolute Gasteiger partial charge is 0.366 e. The predicted molar refractivity (Wildman–Crippen MR) is 95.8 cm³/mol. The molecule has 0 spiro atoms. The van der Waals surface area contributed by atoms with Crippen molar-refractivity contribution in [1.29, 1.82) is 0 Å². The second-order valence-electron chi connectivity index (χ2n) is 6.33. The zero-order valence-corrected chi connectivity index (χ0v) is 14.0. The Morgan fingerprint density at radius 1 is 1.12 bits per heavy atom. The Kier molecular flexibility index (Phi) is 3.87. The van der Waals surface area contributed by atoms with E-state index in [4.69, 9.17) is 5.73 Å². The van der Waals surface area contributed by atoms with Gasteiger partial charge in [0.25, 0.3) is 0 Å². The topological polar surface area (TPSA) is 68.8 Å². The number of aryl methyl sites for hydroxylation is 1. The Morgan fingerprint density at radius 3 is 2.48 bits per heavy atom. The lowest BCUT2D eigenvalue weighted by atomic mass is 9.93. The van der Waals surface area contributed by atoms with Crippen LogP contribution in [0.15, 0.2) is 48.5 Å². The highest BCUT2D eigenvalue weighted by molar-refractivity contribution is 5.42. The van der Waals surface area contributed by atoms with Crippen LogP contribution in [0.4, 0.5) is 16.3 Å². The van der Waals surface area contributed by atoms with Crippen LogP contribution in [-0.4, -0.2) is 14.8 Å². The third kappa shape index (κ3) is 2.95. The quantitative estimate of drug-likeness (QED) is 0.764. The van der Waals surface area contributed by atoms with Crippen LogP contribution in [0, 0.1) is 5.82 Å². The molecule has 128 valence electrons. The van der Waals surface area contributed by atoms with Crippen molar-refractivity contribution >= 4 is 11.9 Å². The maximum atomic E-state index is 13.2. The molecule has 1 aliphatic heterocycles. The minimum atomic E-state index is -0.237. The number of fused-ring (bicyclic) bond motifs is 1. The predicted octanol–water partition coefficient (Wildman–Crippen LogP) is 3.71. The molecule has 3 aromatic rings. The van der Waals surface area contributed by atoms with E-state index in [1.807, 2.05) is 4.68 Å². The summed E-state index contributed by atoms with van der Waals surface area (Å²) in [6.07, 6.45) is 1.79. The maximum Gasteiger partial charge on any atom is 0.241 e. The summed E-state index contributed by atoms with van der Waals surface area (Å²) in [5.41, 5.74) is 9.29. The molecule has 5 nitrogen and oxygen atoms in total. The molecule has 2 aromatic carbocycles. The summed E-state index contributed by atoms with van der Waals surface area (Å²) < 4.78 is 15.1. The molecule has 2 heterocycles. The van der Waals surface area contributed by atoms with E-state index in [1.54, 1.807) is 12.1 Å². The van der Waals surface area contributed by atoms with Crippen LogP contribution >= 0.6 is 0 Å². The summed E-state index contributed by atoms with van der Waals surface area (Å²) in [4.78, 5) is 4.30. The maximum absolute atomic E-state index is 13.2. The van der Waals surface area contributed by atoms with Crippen molar-refractivity contribution in [2.24, 2.45) is 0 Å². The lowest BCUT2D eigenvalue weighted by molar-refractivity contribution is 0.431. The Bertz CT molecular complexity index is 870. The fraction of sp³-hybridized carbons (Fsp3) is 0.263. The zero-order chi connectivity index (χ0) is 17.4. The van der Waals surface area contributed by atoms with E-state index in [-0.39, 0.29) is 23.8 Å². The molecule has 0 bridgehead atoms. The molecular weight excluding hydrogens is 317 g/mol. The van der Waals surface area contributed by atoms with Gasteiger partial charge in [-0.1, -0.05) is 43.3 Å². The van der Waals surface area contributed by atoms with Gasteiger partial charge in [-0.05, 0) is 41.7 Å². The molecule has 0 saturated carbocycles. The number of hydrogen-bond donors (Lipinski definition) is 2. The van der Waals surface area contributed by atoms with Crippen molar-refractivity contribution in [2.45, 2.75) is 31.8 Å². The summed E-state index contributed by atoms with van der Waals surface area (Å²) in [5.74, 6) is 0.652. The van der Waals surface area contributed by atoms with Crippen molar-refractivity contribution in [3.63, 3.8) is 0 Å². The molecular formula is C19H20FN5. The van der Waals surface area contributed by atoms with Gasteiger partial charge in [0.05, 0.1) is 12.1 Å². The average Bonchev–Trinajstić information content (AvgIpc) is 3.01. The van der Waals surface area contributed by atoms with E-state index < -0.39 is 0 Å². The average molecular weight is 337 g/mol. The van der Waals surface area contributed by atoms with Crippen LogP contribution in [0.3, 0.4) is 0 Å². The minimum absolute atomic E-state index is 0.0209. The van der Waals surface area contributed by atoms with Crippen LogP contribution in [-0.2, 0) is 6.42 Å². The molecule has 0 amide bonds. The standard InChI is InChI=1S/C19H20FN5/c1-2-12-3-5-14(6-4-12)17-11-16(13-7-9-15(20)10-8-13)22-19-23-18(21)24-25(17)19/h3-10,16-17H,2,11H2,1H3,(H3,21,22,23,24)/t16-,17+/m1/s1. The van der Waals surface area contributed by atoms with E-state index in [9.17, 15) is 4.39 Å². The number of nitrogens with one attached hydrogen (secondary N) is 1. The first-order valence-electron chi connectivity index (χ1n) is 8.47. The number of benzene rings is 2. The van der Waals surface area contributed by atoms with Crippen molar-refractivity contribution in [1.82, 2.24) is 14.8 Å². The van der Waals surface area contributed by atoms with Gasteiger partial charge in [0, 0.05) is 0 Å². The second kappa shape index (κ2) is 6.20. The van der Waals surface area contributed by atoms with E-state index in [0.717, 1.165) is 24.0 Å². The number of nitrogens with zero attached hydrogens (tertiary/aromatic N) is 3. The summed E-state index contributed by atoms with van der Waals surface area (Å²) in [6.45, 7) is 2.14. The Labute approximate surface area is 145 Å². The number of anilines is 2. The molecule has 4 rings (SSSR count). The first kappa shape index (κ1) is 15.6. The van der Waals surface area contributed by atoms with Crippen LogP contribution in [0.1, 0.15) is 42.1 Å². The Balaban J connectivity index is 1.72. The third-order valence-corrected chi connectivity index (χ3v) is 4.75. The fourth-order valence-corrected chi connectivity index (χ4v) is 3.36. The Hall–Kier alpha value is -2.89. The van der Waals surface area contributed by atoms with E-state index in [0.29, 0.717) is 5.95 Å². The lowest BCUT2D eigenvalue weighted by Crippen LogP contribution is -2.28. The number of halogens is 1. The fourth-order valence-electron chi connectivity index (χ4n) is 3.36. The van der Waals surface area contributed by atoms with Crippen LogP contribution in [0.2, 0.25) is 0 Å². The first-order valence-corrected chi connectivity index (χ1v) is 8.47. The number of nitrogens with two attached hydrogens (primary N) is 1. The number of hydrogen-bond acceptors (Lipinski definition) is 4. The van der Waals surface area contributed by atoms with Crippen molar-refractivity contribution < 1.29 is 4.39 Å². The highest BCUT2D eigenvalue weighted by Gasteiger charge is 2.30. The van der Waals surface area contributed by atoms with Gasteiger partial charge >= 0.3 is 0 Å². The molecule has 0 saturated heterocycles. The molecule has 2 atom stereocenters. The number of aromatic nitrogens is 3. The van der Waals surface area contributed by atoms with Crippen LogP contribution in [0.25, 0.3) is 0 Å². The normalized spacial score (nSPS) is 19.3. The van der Waals surface area contributed by atoms with Gasteiger partial charge in [0.2, 0.25) is 11.9 Å². The highest BCUT2D eigenvalue weighted by Crippen LogP contribution is 2.38. The van der Waals surface area contributed by atoms with Gasteiger partial charge < -0.3 is 11.1 Å². The second-order valence-corrected chi connectivity index (χ2v) is 6.33. The van der Waals surface area contributed by atoms with Gasteiger partial charge in [-0.3, -0.25) is 0 Å². The molecule has 25 heavy (non-hydrogen) atoms. The van der Waals surface area contributed by atoms with E-state index in [2.05, 4.69) is 46.6 Å². The molecule has 3 N–H and O–H groups in total. The zero-order valence-electron chi connectivity index (χ0n) is 14.0. The molecule has 1 aromatic heterocycles. The van der Waals surface area contributed by atoms with E-state index in [1.165, 1.54) is 17.7 Å². The molecule has 0 unspecified atom stereocenters. The van der Waals surface area contributed by atoms with Gasteiger partial charge in [-0.2, -0.15) is 4.98 Å². The minimum Gasteiger partial charge on any atom is -0.366 e. The first-order chi connectivity index (χ1) is 12.1. The Morgan fingerprint density at radius 2 is 1.80 bits per heavy atom. The number of nitrogen functional groups attached to an aromatic ring is 1. The summed E-state index contributed by atoms with van der Waals surface area (Å²) in [7, 11) is 0. The van der Waals surface area contributed by atoms with Crippen molar-refractivity contribution in [3.8, 4) is 0 Å². The third-order valence-electron chi connectivity index (χ3n) is 4.75. The van der Waals surface area contributed by atoms with Gasteiger partial charge in [0.1, 0.15) is 5.82 Å². The molecule has 0 fully saturated rings. The van der Waals surface area contributed by atoms with Gasteiger partial charge in [0.15, 0.2) is 0 Å². The smallest absolute Gasteiger partial charge is 0.241 e. The number of rotatable bonds is 3. The van der Waals surface area contributed by atoms with E-state index >= 15 is 0 Å². The summed E-state index contributed by atoms with van der Waals surface area (Å²) in [6, 6.07) is 15.2. The molecule has 0 aliphatic carbocycles. The molecule has 0 radical (unpaired) electrons.